The lowest BCUT2D eigenvalue weighted by Gasteiger charge is -2.14. The van der Waals surface area contributed by atoms with Crippen molar-refractivity contribution >= 4 is 23.8 Å². The standard InChI is InChI=1S/C10H13N3O5/c14-7-1-2-8(15)13(7)6-5-12-10(18)11-4-3-9(16)17/h1-2H,3-6H2,(H,16,17)(H2,11,12,18). The zero-order chi connectivity index (χ0) is 13.5. The van der Waals surface area contributed by atoms with Crippen LogP contribution in [0.15, 0.2) is 12.2 Å². The molecule has 0 unspecified atom stereocenters. The predicted octanol–water partition coefficient (Wildman–Crippen LogP) is -1.31. The number of imide groups is 1. The van der Waals surface area contributed by atoms with Crippen molar-refractivity contribution in [2.75, 3.05) is 19.6 Å². The first kappa shape index (κ1) is 13.7. The number of aliphatic carboxylic acids is 1. The number of hydrogen-bond donors (Lipinski definition) is 3. The Balaban J connectivity index is 2.14. The monoisotopic (exact) mass is 255 g/mol. The summed E-state index contributed by atoms with van der Waals surface area (Å²) in [5.74, 6) is -1.82. The van der Waals surface area contributed by atoms with Gasteiger partial charge < -0.3 is 15.7 Å². The molecule has 1 aliphatic rings. The highest BCUT2D eigenvalue weighted by atomic mass is 16.4. The Morgan fingerprint density at radius 1 is 1.11 bits per heavy atom. The fraction of sp³-hybridized carbons (Fsp3) is 0.400. The van der Waals surface area contributed by atoms with Crippen LogP contribution in [-0.2, 0) is 14.4 Å². The van der Waals surface area contributed by atoms with Crippen LogP contribution in [0.1, 0.15) is 6.42 Å². The normalized spacial score (nSPS) is 13.9. The van der Waals surface area contributed by atoms with Gasteiger partial charge in [-0.15, -0.1) is 0 Å². The third-order valence-corrected chi connectivity index (χ3v) is 2.15. The molecular formula is C10H13N3O5. The summed E-state index contributed by atoms with van der Waals surface area (Å²) in [6.07, 6.45) is 2.16. The van der Waals surface area contributed by atoms with Gasteiger partial charge >= 0.3 is 12.0 Å². The SMILES string of the molecule is O=C(O)CCNC(=O)NCCN1C(=O)C=CC1=O. The third-order valence-electron chi connectivity index (χ3n) is 2.15. The van der Waals surface area contributed by atoms with Crippen molar-refractivity contribution in [1.82, 2.24) is 15.5 Å². The van der Waals surface area contributed by atoms with Gasteiger partial charge in [0.1, 0.15) is 0 Å². The van der Waals surface area contributed by atoms with Crippen molar-refractivity contribution in [1.29, 1.82) is 0 Å². The molecule has 0 aromatic rings. The maximum absolute atomic E-state index is 11.1. The largest absolute Gasteiger partial charge is 0.481 e. The molecule has 8 nitrogen and oxygen atoms in total. The fourth-order valence-corrected chi connectivity index (χ4v) is 1.28. The minimum atomic E-state index is -1.00. The zero-order valence-corrected chi connectivity index (χ0v) is 9.51. The van der Waals surface area contributed by atoms with E-state index in [1.165, 1.54) is 0 Å². The molecule has 98 valence electrons. The van der Waals surface area contributed by atoms with Crippen LogP contribution in [0.2, 0.25) is 0 Å². The lowest BCUT2D eigenvalue weighted by atomic mass is 10.4. The lowest BCUT2D eigenvalue weighted by Crippen LogP contribution is -2.42. The van der Waals surface area contributed by atoms with Gasteiger partial charge in [-0.1, -0.05) is 0 Å². The summed E-state index contributed by atoms with van der Waals surface area (Å²) < 4.78 is 0. The van der Waals surface area contributed by atoms with Gasteiger partial charge in [0.05, 0.1) is 6.42 Å². The first-order valence-corrected chi connectivity index (χ1v) is 5.27. The first-order valence-electron chi connectivity index (χ1n) is 5.27. The number of nitrogens with one attached hydrogen (secondary N) is 2. The Kier molecular flexibility index (Phi) is 4.85. The number of hydrogen-bond acceptors (Lipinski definition) is 4. The molecule has 1 aliphatic heterocycles. The molecular weight excluding hydrogens is 242 g/mol. The molecule has 1 heterocycles. The van der Waals surface area contributed by atoms with E-state index in [-0.39, 0.29) is 26.1 Å². The van der Waals surface area contributed by atoms with Crippen LogP contribution in [0, 0.1) is 0 Å². The molecule has 8 heteroatoms. The molecule has 0 bridgehead atoms. The van der Waals surface area contributed by atoms with E-state index in [1.807, 2.05) is 0 Å². The Labute approximate surface area is 103 Å². The summed E-state index contributed by atoms with van der Waals surface area (Å²) in [6.45, 7) is 0.208. The van der Waals surface area contributed by atoms with E-state index in [9.17, 15) is 19.2 Å². The molecule has 1 rings (SSSR count). The average Bonchev–Trinajstić information content (AvgIpc) is 2.60. The third kappa shape index (κ3) is 4.24. The number of nitrogens with zero attached hydrogens (tertiary/aromatic N) is 1. The molecule has 0 atom stereocenters. The number of carbonyl (C=O) groups excluding carboxylic acids is 3. The topological polar surface area (TPSA) is 116 Å². The van der Waals surface area contributed by atoms with Crippen molar-refractivity contribution in [3.63, 3.8) is 0 Å². The Morgan fingerprint density at radius 2 is 1.67 bits per heavy atom. The number of rotatable bonds is 6. The molecule has 0 fully saturated rings. The van der Waals surface area contributed by atoms with Crippen LogP contribution < -0.4 is 10.6 Å². The highest BCUT2D eigenvalue weighted by molar-refractivity contribution is 6.12. The van der Waals surface area contributed by atoms with Crippen LogP contribution in [0.3, 0.4) is 0 Å². The van der Waals surface area contributed by atoms with Crippen molar-refractivity contribution in [3.8, 4) is 0 Å². The van der Waals surface area contributed by atoms with Crippen molar-refractivity contribution in [2.45, 2.75) is 6.42 Å². The van der Waals surface area contributed by atoms with Gasteiger partial charge in [0.2, 0.25) is 0 Å². The van der Waals surface area contributed by atoms with E-state index in [4.69, 9.17) is 5.11 Å². The van der Waals surface area contributed by atoms with E-state index in [2.05, 4.69) is 10.6 Å². The summed E-state index contributed by atoms with van der Waals surface area (Å²) in [4.78, 5) is 44.6. The van der Waals surface area contributed by atoms with E-state index in [0.717, 1.165) is 17.1 Å². The van der Waals surface area contributed by atoms with Gasteiger partial charge in [-0.25, -0.2) is 4.79 Å². The van der Waals surface area contributed by atoms with Crippen LogP contribution in [-0.4, -0.2) is 53.5 Å². The number of amides is 4. The molecule has 0 spiro atoms. The Morgan fingerprint density at radius 3 is 2.22 bits per heavy atom. The maximum atomic E-state index is 11.1. The molecule has 4 amide bonds. The first-order chi connectivity index (χ1) is 8.50. The summed E-state index contributed by atoms with van der Waals surface area (Å²) in [5.41, 5.74) is 0. The summed E-state index contributed by atoms with van der Waals surface area (Å²) in [7, 11) is 0. The molecule has 0 aromatic heterocycles. The second-order valence-electron chi connectivity index (χ2n) is 3.49. The van der Waals surface area contributed by atoms with Crippen molar-refractivity contribution < 1.29 is 24.3 Å². The van der Waals surface area contributed by atoms with Crippen LogP contribution in [0.25, 0.3) is 0 Å². The fourth-order valence-electron chi connectivity index (χ4n) is 1.28. The zero-order valence-electron chi connectivity index (χ0n) is 9.51. The number of urea groups is 1. The van der Waals surface area contributed by atoms with Crippen LogP contribution in [0.4, 0.5) is 4.79 Å². The lowest BCUT2D eigenvalue weighted by molar-refractivity contribution is -0.138. The van der Waals surface area contributed by atoms with Gasteiger partial charge in [0.25, 0.3) is 11.8 Å². The van der Waals surface area contributed by atoms with Gasteiger partial charge in [0, 0.05) is 31.8 Å². The molecule has 0 radical (unpaired) electrons. The summed E-state index contributed by atoms with van der Waals surface area (Å²) >= 11 is 0. The highest BCUT2D eigenvalue weighted by Crippen LogP contribution is 2.01. The second-order valence-corrected chi connectivity index (χ2v) is 3.49. The molecule has 0 saturated carbocycles. The Bertz CT molecular complexity index is 386. The van der Waals surface area contributed by atoms with E-state index in [1.54, 1.807) is 0 Å². The van der Waals surface area contributed by atoms with Crippen molar-refractivity contribution in [3.05, 3.63) is 12.2 Å². The van der Waals surface area contributed by atoms with Crippen molar-refractivity contribution in [2.24, 2.45) is 0 Å². The highest BCUT2D eigenvalue weighted by Gasteiger charge is 2.22. The van der Waals surface area contributed by atoms with Crippen LogP contribution >= 0.6 is 0 Å². The predicted molar refractivity (Wildman–Crippen MR) is 59.5 cm³/mol. The van der Waals surface area contributed by atoms with E-state index in [0.29, 0.717) is 0 Å². The second kappa shape index (κ2) is 6.38. The number of carboxylic acids is 1. The number of carbonyl (C=O) groups is 4. The van der Waals surface area contributed by atoms with Crippen LogP contribution in [0.5, 0.6) is 0 Å². The minimum Gasteiger partial charge on any atom is -0.481 e. The molecule has 0 aromatic carbocycles. The smallest absolute Gasteiger partial charge is 0.314 e. The van der Waals surface area contributed by atoms with Gasteiger partial charge in [-0.2, -0.15) is 0 Å². The van der Waals surface area contributed by atoms with E-state index < -0.39 is 23.8 Å². The number of carboxylic acid groups (broad SMARTS) is 1. The average molecular weight is 255 g/mol. The molecule has 0 aliphatic carbocycles. The maximum Gasteiger partial charge on any atom is 0.314 e. The Hall–Kier alpha value is -2.38. The van der Waals surface area contributed by atoms with Gasteiger partial charge in [-0.05, 0) is 0 Å². The van der Waals surface area contributed by atoms with Gasteiger partial charge in [0.15, 0.2) is 0 Å². The summed E-state index contributed by atoms with van der Waals surface area (Å²) in [5, 5.41) is 13.1. The minimum absolute atomic E-state index is 0.0182. The van der Waals surface area contributed by atoms with E-state index >= 15 is 0 Å². The summed E-state index contributed by atoms with van der Waals surface area (Å²) in [6, 6.07) is -0.539. The van der Waals surface area contributed by atoms with Gasteiger partial charge in [-0.3, -0.25) is 19.3 Å². The quantitative estimate of drug-likeness (QED) is 0.509. The molecule has 0 saturated heterocycles. The molecule has 18 heavy (non-hydrogen) atoms. The molecule has 3 N–H and O–H groups in total.